The maximum absolute atomic E-state index is 13.3. The molecule has 3 aromatic rings. The first-order valence-electron chi connectivity index (χ1n) is 10.3. The van der Waals surface area contributed by atoms with Gasteiger partial charge in [-0.3, -0.25) is 9.48 Å². The normalized spacial score (nSPS) is 19.1. The lowest BCUT2D eigenvalue weighted by atomic mass is 9.73. The van der Waals surface area contributed by atoms with E-state index in [1.807, 2.05) is 43.4 Å². The topological polar surface area (TPSA) is 56.2 Å². The number of hydrogen-bond acceptors (Lipinski definition) is 3. The first kappa shape index (κ1) is 18.0. The Hall–Kier alpha value is -3.08. The van der Waals surface area contributed by atoms with Gasteiger partial charge in [0.1, 0.15) is 11.4 Å². The van der Waals surface area contributed by atoms with Gasteiger partial charge in [0.25, 0.3) is 5.91 Å². The highest BCUT2D eigenvalue weighted by atomic mass is 16.5. The molecule has 1 unspecified atom stereocenters. The number of hydrogen-bond donors (Lipinski definition) is 1. The van der Waals surface area contributed by atoms with Gasteiger partial charge < -0.3 is 10.1 Å². The Balaban J connectivity index is 1.41. The van der Waals surface area contributed by atoms with Crippen LogP contribution in [0.4, 0.5) is 0 Å². The molecule has 1 fully saturated rings. The van der Waals surface area contributed by atoms with Gasteiger partial charge in [0.15, 0.2) is 0 Å². The summed E-state index contributed by atoms with van der Waals surface area (Å²) in [4.78, 5) is 13.3. The number of benzene rings is 2. The summed E-state index contributed by atoms with van der Waals surface area (Å²) in [6.45, 7) is 0. The molecule has 5 nitrogen and oxygen atoms in total. The fourth-order valence-electron chi connectivity index (χ4n) is 4.51. The summed E-state index contributed by atoms with van der Waals surface area (Å²) in [7, 11) is 1.89. The Morgan fingerprint density at radius 1 is 1.17 bits per heavy atom. The van der Waals surface area contributed by atoms with Crippen LogP contribution in [0.3, 0.4) is 0 Å². The summed E-state index contributed by atoms with van der Waals surface area (Å²) >= 11 is 0. The second-order valence-electron chi connectivity index (χ2n) is 8.20. The van der Waals surface area contributed by atoms with Gasteiger partial charge in [-0.25, -0.2) is 0 Å². The molecule has 0 radical (unpaired) electrons. The van der Waals surface area contributed by atoms with E-state index in [4.69, 9.17) is 4.74 Å². The number of aromatic nitrogens is 2. The summed E-state index contributed by atoms with van der Waals surface area (Å²) in [6.07, 6.45) is 6.47. The number of rotatable bonds is 4. The van der Waals surface area contributed by atoms with Gasteiger partial charge in [-0.1, -0.05) is 48.5 Å². The number of aryl methyl sites for hydroxylation is 1. The smallest absolute Gasteiger partial charge is 0.255 e. The number of nitrogens with zero attached hydrogens (tertiary/aromatic N) is 2. The average molecular weight is 387 g/mol. The zero-order valence-corrected chi connectivity index (χ0v) is 16.6. The van der Waals surface area contributed by atoms with E-state index in [0.717, 1.165) is 41.8 Å². The zero-order valence-electron chi connectivity index (χ0n) is 16.6. The van der Waals surface area contributed by atoms with Crippen molar-refractivity contribution in [2.75, 3.05) is 0 Å². The van der Waals surface area contributed by atoms with Gasteiger partial charge in [-0.2, -0.15) is 5.10 Å². The van der Waals surface area contributed by atoms with Crippen molar-refractivity contribution in [2.45, 2.75) is 43.7 Å². The highest BCUT2D eigenvalue weighted by molar-refractivity contribution is 5.95. The van der Waals surface area contributed by atoms with Crippen molar-refractivity contribution in [1.82, 2.24) is 15.1 Å². The van der Waals surface area contributed by atoms with Crippen molar-refractivity contribution in [2.24, 2.45) is 7.05 Å². The first-order chi connectivity index (χ1) is 14.1. The van der Waals surface area contributed by atoms with Crippen molar-refractivity contribution in [3.63, 3.8) is 0 Å². The van der Waals surface area contributed by atoms with Crippen LogP contribution in [0, 0.1) is 0 Å². The van der Waals surface area contributed by atoms with Crippen molar-refractivity contribution in [1.29, 1.82) is 0 Å². The zero-order chi connectivity index (χ0) is 19.8. The molecule has 1 aliphatic carbocycles. The maximum Gasteiger partial charge on any atom is 0.255 e. The SMILES string of the molecule is Cn1ncc(C(=O)NC2CC3(CCC3)Oc3ccccc32)c1Cc1ccccc1. The standard InChI is InChI=1S/C24H25N3O2/c1-27-21(14-17-8-3-2-4-9-17)19(16-25-27)23(28)26-20-15-24(12-7-13-24)29-22-11-6-5-10-18(20)22/h2-6,8-11,16,20H,7,12-15H2,1H3,(H,26,28). The lowest BCUT2D eigenvalue weighted by Crippen LogP contribution is -2.49. The molecule has 1 N–H and O–H groups in total. The molecule has 1 aromatic heterocycles. The number of carbonyl (C=O) groups excluding carboxylic acids is 1. The van der Waals surface area contributed by atoms with Crippen molar-refractivity contribution in [3.05, 3.63) is 83.2 Å². The summed E-state index contributed by atoms with van der Waals surface area (Å²) < 4.78 is 8.11. The van der Waals surface area contributed by atoms with E-state index in [-0.39, 0.29) is 17.6 Å². The van der Waals surface area contributed by atoms with E-state index in [2.05, 4.69) is 28.6 Å². The van der Waals surface area contributed by atoms with Gasteiger partial charge >= 0.3 is 0 Å². The molecule has 2 aromatic carbocycles. The summed E-state index contributed by atoms with van der Waals surface area (Å²) in [5.74, 6) is 0.833. The van der Waals surface area contributed by atoms with Crippen LogP contribution in [0.25, 0.3) is 0 Å². The monoisotopic (exact) mass is 387 g/mol. The Kier molecular flexibility index (Phi) is 4.38. The van der Waals surface area contributed by atoms with Gasteiger partial charge in [0, 0.05) is 25.5 Å². The third-order valence-corrected chi connectivity index (χ3v) is 6.29. The van der Waals surface area contributed by atoms with E-state index >= 15 is 0 Å². The second-order valence-corrected chi connectivity index (χ2v) is 8.20. The van der Waals surface area contributed by atoms with Crippen LogP contribution in [-0.2, 0) is 13.5 Å². The van der Waals surface area contributed by atoms with Gasteiger partial charge in [-0.05, 0) is 30.9 Å². The van der Waals surface area contributed by atoms with Crippen molar-refractivity contribution in [3.8, 4) is 5.75 Å². The minimum atomic E-state index is -0.117. The summed E-state index contributed by atoms with van der Waals surface area (Å²) in [6, 6.07) is 18.2. The number of fused-ring (bicyclic) bond motifs is 1. The molecule has 1 atom stereocenters. The third kappa shape index (κ3) is 3.31. The molecule has 2 aliphatic rings. The predicted molar refractivity (Wildman–Crippen MR) is 111 cm³/mol. The molecular weight excluding hydrogens is 362 g/mol. The first-order valence-corrected chi connectivity index (χ1v) is 10.3. The van der Waals surface area contributed by atoms with Crippen LogP contribution >= 0.6 is 0 Å². The van der Waals surface area contributed by atoms with E-state index in [1.54, 1.807) is 10.9 Å². The molecule has 1 spiro atoms. The maximum atomic E-state index is 13.3. The molecule has 1 aliphatic heterocycles. The van der Waals surface area contributed by atoms with Crippen molar-refractivity contribution < 1.29 is 9.53 Å². The summed E-state index contributed by atoms with van der Waals surface area (Å²) in [5.41, 5.74) is 3.67. The fourth-order valence-corrected chi connectivity index (χ4v) is 4.51. The minimum absolute atomic E-state index is 0.0440. The predicted octanol–water partition coefficient (Wildman–Crippen LogP) is 4.19. The van der Waals surface area contributed by atoms with E-state index < -0.39 is 0 Å². The van der Waals surface area contributed by atoms with Crippen LogP contribution in [-0.4, -0.2) is 21.3 Å². The Bertz CT molecular complexity index is 1040. The van der Waals surface area contributed by atoms with Gasteiger partial charge in [-0.15, -0.1) is 0 Å². The lowest BCUT2D eigenvalue weighted by Gasteiger charge is -2.48. The molecular formula is C24H25N3O2. The fraction of sp³-hybridized carbons (Fsp3) is 0.333. The molecule has 2 heterocycles. The van der Waals surface area contributed by atoms with E-state index in [1.165, 1.54) is 6.42 Å². The van der Waals surface area contributed by atoms with Crippen LogP contribution in [0.2, 0.25) is 0 Å². The Labute approximate surface area is 170 Å². The largest absolute Gasteiger partial charge is 0.487 e. The molecule has 148 valence electrons. The number of amides is 1. The van der Waals surface area contributed by atoms with Gasteiger partial charge in [0.05, 0.1) is 23.5 Å². The molecule has 1 amide bonds. The van der Waals surface area contributed by atoms with Crippen LogP contribution < -0.4 is 10.1 Å². The quantitative estimate of drug-likeness (QED) is 0.730. The molecule has 29 heavy (non-hydrogen) atoms. The molecule has 1 saturated carbocycles. The molecule has 0 bridgehead atoms. The highest BCUT2D eigenvalue weighted by Gasteiger charge is 2.46. The number of para-hydroxylation sites is 1. The number of nitrogens with one attached hydrogen (secondary N) is 1. The van der Waals surface area contributed by atoms with Gasteiger partial charge in [0.2, 0.25) is 0 Å². The highest BCUT2D eigenvalue weighted by Crippen LogP contribution is 2.48. The third-order valence-electron chi connectivity index (χ3n) is 6.29. The average Bonchev–Trinajstić information content (AvgIpc) is 3.08. The molecule has 5 heteroatoms. The molecule has 0 saturated heterocycles. The molecule has 5 rings (SSSR count). The lowest BCUT2D eigenvalue weighted by molar-refractivity contribution is -0.0360. The van der Waals surface area contributed by atoms with Crippen LogP contribution in [0.5, 0.6) is 5.75 Å². The number of carbonyl (C=O) groups is 1. The van der Waals surface area contributed by atoms with Crippen molar-refractivity contribution >= 4 is 5.91 Å². The Morgan fingerprint density at radius 2 is 1.93 bits per heavy atom. The second kappa shape index (κ2) is 7.07. The Morgan fingerprint density at radius 3 is 2.69 bits per heavy atom. The van der Waals surface area contributed by atoms with E-state index in [9.17, 15) is 4.79 Å². The minimum Gasteiger partial charge on any atom is -0.487 e. The van der Waals surface area contributed by atoms with Crippen LogP contribution in [0.1, 0.15) is 58.9 Å². The summed E-state index contributed by atoms with van der Waals surface area (Å²) in [5, 5.41) is 7.64. The number of ether oxygens (including phenoxy) is 1. The van der Waals surface area contributed by atoms with Crippen LogP contribution in [0.15, 0.2) is 60.8 Å². The van der Waals surface area contributed by atoms with E-state index in [0.29, 0.717) is 12.0 Å².